The lowest BCUT2D eigenvalue weighted by Crippen LogP contribution is -2.46. The summed E-state index contributed by atoms with van der Waals surface area (Å²) in [7, 11) is -3.48. The standard InChI is InChI=1S/C21H35N3O3S/c1-16(2)24(17(3)4)15-12-22-21(25)19-10-13-23(14-11-19)28(26,27)20-8-6-18(5)7-9-20/h6-9,16-17,19H,10-15H2,1-5H3,(H,22,25). The SMILES string of the molecule is Cc1ccc(S(=O)(=O)N2CCC(C(=O)NCCN(C(C)C)C(C)C)CC2)cc1. The number of amides is 1. The number of hydrogen-bond acceptors (Lipinski definition) is 4. The summed E-state index contributed by atoms with van der Waals surface area (Å²) in [6, 6.07) is 7.80. The summed E-state index contributed by atoms with van der Waals surface area (Å²) in [6.45, 7) is 12.8. The van der Waals surface area contributed by atoms with Crippen molar-refractivity contribution in [3.63, 3.8) is 0 Å². The minimum absolute atomic E-state index is 0.0415. The molecule has 0 bridgehead atoms. The molecule has 1 fully saturated rings. The van der Waals surface area contributed by atoms with Crippen molar-refractivity contribution < 1.29 is 13.2 Å². The van der Waals surface area contributed by atoms with Gasteiger partial charge in [-0.3, -0.25) is 9.69 Å². The van der Waals surface area contributed by atoms with Gasteiger partial charge >= 0.3 is 0 Å². The van der Waals surface area contributed by atoms with Crippen molar-refractivity contribution in [1.29, 1.82) is 0 Å². The molecule has 0 spiro atoms. The maximum absolute atomic E-state index is 12.8. The Balaban J connectivity index is 1.84. The smallest absolute Gasteiger partial charge is 0.243 e. The molecule has 1 aromatic rings. The largest absolute Gasteiger partial charge is 0.355 e. The Bertz CT molecular complexity index is 729. The van der Waals surface area contributed by atoms with Crippen LogP contribution in [0.2, 0.25) is 0 Å². The minimum Gasteiger partial charge on any atom is -0.355 e. The van der Waals surface area contributed by atoms with E-state index in [9.17, 15) is 13.2 Å². The first-order valence-electron chi connectivity index (χ1n) is 10.2. The van der Waals surface area contributed by atoms with Gasteiger partial charge in [0.25, 0.3) is 0 Å². The van der Waals surface area contributed by atoms with Crippen LogP contribution in [-0.4, -0.2) is 61.8 Å². The first-order chi connectivity index (χ1) is 13.1. The van der Waals surface area contributed by atoms with Crippen LogP contribution >= 0.6 is 0 Å². The van der Waals surface area contributed by atoms with E-state index in [1.54, 1.807) is 12.1 Å². The summed E-state index contributed by atoms with van der Waals surface area (Å²) in [5.41, 5.74) is 1.03. The van der Waals surface area contributed by atoms with Crippen molar-refractivity contribution in [2.45, 2.75) is 64.4 Å². The topological polar surface area (TPSA) is 69.7 Å². The highest BCUT2D eigenvalue weighted by Gasteiger charge is 2.32. The molecule has 1 N–H and O–H groups in total. The molecule has 0 unspecified atom stereocenters. The minimum atomic E-state index is -3.48. The van der Waals surface area contributed by atoms with Gasteiger partial charge in [0.05, 0.1) is 4.90 Å². The molecule has 2 rings (SSSR count). The highest BCUT2D eigenvalue weighted by molar-refractivity contribution is 7.89. The predicted molar refractivity (Wildman–Crippen MR) is 113 cm³/mol. The lowest BCUT2D eigenvalue weighted by Gasteiger charge is -2.32. The quantitative estimate of drug-likeness (QED) is 0.717. The Kier molecular flexibility index (Phi) is 8.04. The molecule has 6 nitrogen and oxygen atoms in total. The average Bonchev–Trinajstić information content (AvgIpc) is 2.65. The van der Waals surface area contributed by atoms with E-state index in [0.717, 1.165) is 12.1 Å². The summed E-state index contributed by atoms with van der Waals surface area (Å²) in [6.07, 6.45) is 1.13. The third kappa shape index (κ3) is 5.78. The van der Waals surface area contributed by atoms with E-state index < -0.39 is 10.0 Å². The maximum atomic E-state index is 12.8. The first-order valence-corrected chi connectivity index (χ1v) is 11.7. The van der Waals surface area contributed by atoms with Gasteiger partial charge in [0, 0.05) is 44.2 Å². The van der Waals surface area contributed by atoms with Crippen LogP contribution in [0.4, 0.5) is 0 Å². The Labute approximate surface area is 170 Å². The number of carbonyl (C=O) groups excluding carboxylic acids is 1. The molecule has 1 heterocycles. The third-order valence-electron chi connectivity index (χ3n) is 5.48. The number of sulfonamides is 1. The van der Waals surface area contributed by atoms with Crippen molar-refractivity contribution in [3.8, 4) is 0 Å². The second-order valence-corrected chi connectivity index (χ2v) is 10.1. The number of rotatable bonds is 8. The fourth-order valence-electron chi connectivity index (χ4n) is 3.78. The molecule has 1 aliphatic heterocycles. The van der Waals surface area contributed by atoms with Crippen LogP contribution in [0.3, 0.4) is 0 Å². The fraction of sp³-hybridized carbons (Fsp3) is 0.667. The monoisotopic (exact) mass is 409 g/mol. The molecule has 28 heavy (non-hydrogen) atoms. The van der Waals surface area contributed by atoms with Crippen molar-refractivity contribution in [2.75, 3.05) is 26.2 Å². The van der Waals surface area contributed by atoms with Gasteiger partial charge in [-0.1, -0.05) is 17.7 Å². The van der Waals surface area contributed by atoms with Crippen LogP contribution in [0.1, 0.15) is 46.1 Å². The van der Waals surface area contributed by atoms with Gasteiger partial charge in [-0.25, -0.2) is 8.42 Å². The molecule has 1 aromatic carbocycles. The second-order valence-electron chi connectivity index (χ2n) is 8.21. The Morgan fingerprint density at radius 2 is 1.64 bits per heavy atom. The molecule has 158 valence electrons. The van der Waals surface area contributed by atoms with Crippen LogP contribution in [0.25, 0.3) is 0 Å². The maximum Gasteiger partial charge on any atom is 0.243 e. The number of nitrogens with zero attached hydrogens (tertiary/aromatic N) is 2. The van der Waals surface area contributed by atoms with Crippen LogP contribution < -0.4 is 5.32 Å². The average molecular weight is 410 g/mol. The number of carbonyl (C=O) groups is 1. The van der Waals surface area contributed by atoms with Crippen LogP contribution in [0.15, 0.2) is 29.2 Å². The van der Waals surface area contributed by atoms with Crippen LogP contribution in [-0.2, 0) is 14.8 Å². The lowest BCUT2D eigenvalue weighted by molar-refractivity contribution is -0.126. The zero-order valence-electron chi connectivity index (χ0n) is 17.8. The molecule has 1 aliphatic rings. The summed E-state index contributed by atoms with van der Waals surface area (Å²) in [5.74, 6) is -0.0733. The molecule has 7 heteroatoms. The van der Waals surface area contributed by atoms with Gasteiger partial charge in [0.1, 0.15) is 0 Å². The number of benzene rings is 1. The number of hydrogen-bond donors (Lipinski definition) is 1. The first kappa shape index (κ1) is 22.8. The van der Waals surface area contributed by atoms with Gasteiger partial charge in [-0.2, -0.15) is 4.31 Å². The van der Waals surface area contributed by atoms with E-state index in [1.165, 1.54) is 4.31 Å². The van der Waals surface area contributed by atoms with E-state index in [1.807, 2.05) is 19.1 Å². The highest BCUT2D eigenvalue weighted by Crippen LogP contribution is 2.24. The summed E-state index contributed by atoms with van der Waals surface area (Å²) < 4.78 is 27.0. The molecule has 0 aliphatic carbocycles. The molecular weight excluding hydrogens is 374 g/mol. The van der Waals surface area contributed by atoms with E-state index >= 15 is 0 Å². The van der Waals surface area contributed by atoms with Gasteiger partial charge in [-0.05, 0) is 59.6 Å². The number of nitrogens with one attached hydrogen (secondary N) is 1. The molecule has 0 aromatic heterocycles. The van der Waals surface area contributed by atoms with Gasteiger partial charge in [-0.15, -0.1) is 0 Å². The van der Waals surface area contributed by atoms with Crippen LogP contribution in [0.5, 0.6) is 0 Å². The Morgan fingerprint density at radius 3 is 2.14 bits per heavy atom. The molecule has 0 saturated carbocycles. The van der Waals surface area contributed by atoms with E-state index in [2.05, 4.69) is 37.9 Å². The summed E-state index contributed by atoms with van der Waals surface area (Å²) in [4.78, 5) is 15.2. The number of aryl methyl sites for hydroxylation is 1. The predicted octanol–water partition coefficient (Wildman–Crippen LogP) is 2.63. The van der Waals surface area contributed by atoms with Gasteiger partial charge in [0.2, 0.25) is 15.9 Å². The molecule has 1 saturated heterocycles. The second kappa shape index (κ2) is 9.85. The van der Waals surface area contributed by atoms with Crippen LogP contribution in [0, 0.1) is 12.8 Å². The van der Waals surface area contributed by atoms with Gasteiger partial charge < -0.3 is 5.32 Å². The van der Waals surface area contributed by atoms with E-state index in [0.29, 0.717) is 49.5 Å². The zero-order chi connectivity index (χ0) is 20.9. The Morgan fingerprint density at radius 1 is 1.11 bits per heavy atom. The molecular formula is C21H35N3O3S. The van der Waals surface area contributed by atoms with Crippen molar-refractivity contribution in [1.82, 2.24) is 14.5 Å². The summed E-state index contributed by atoms with van der Waals surface area (Å²) >= 11 is 0. The van der Waals surface area contributed by atoms with E-state index in [-0.39, 0.29) is 11.8 Å². The molecule has 0 radical (unpaired) electrons. The summed E-state index contributed by atoms with van der Waals surface area (Å²) in [5, 5.41) is 3.04. The lowest BCUT2D eigenvalue weighted by atomic mass is 9.97. The normalized spacial score (nSPS) is 16.9. The van der Waals surface area contributed by atoms with Gasteiger partial charge in [0.15, 0.2) is 0 Å². The fourth-order valence-corrected chi connectivity index (χ4v) is 5.25. The number of piperidine rings is 1. The molecule has 0 atom stereocenters. The van der Waals surface area contributed by atoms with Crippen molar-refractivity contribution >= 4 is 15.9 Å². The molecule has 1 amide bonds. The van der Waals surface area contributed by atoms with E-state index in [4.69, 9.17) is 0 Å². The highest BCUT2D eigenvalue weighted by atomic mass is 32.2. The van der Waals surface area contributed by atoms with Crippen molar-refractivity contribution in [2.24, 2.45) is 5.92 Å². The third-order valence-corrected chi connectivity index (χ3v) is 7.39. The zero-order valence-corrected chi connectivity index (χ0v) is 18.6. The Hall–Kier alpha value is -1.44. The van der Waals surface area contributed by atoms with Crippen molar-refractivity contribution in [3.05, 3.63) is 29.8 Å².